The smallest absolute Gasteiger partial charge is 0.225 e. The van der Waals surface area contributed by atoms with Crippen molar-refractivity contribution in [2.24, 2.45) is 0 Å². The van der Waals surface area contributed by atoms with E-state index in [1.165, 1.54) is 19.4 Å². The molecular weight excluding hydrogens is 232 g/mol. The topological polar surface area (TPSA) is 32.3 Å². The molecule has 2 heterocycles. The fourth-order valence-corrected chi connectivity index (χ4v) is 3.11. The molecule has 0 saturated carbocycles. The molecule has 0 bridgehead atoms. The van der Waals surface area contributed by atoms with E-state index in [-0.39, 0.29) is 5.91 Å². The molecule has 0 aromatic carbocycles. The number of carbonyl (C=O) groups is 1. The summed E-state index contributed by atoms with van der Waals surface area (Å²) < 4.78 is 0. The van der Waals surface area contributed by atoms with Gasteiger partial charge < -0.3 is 5.32 Å². The summed E-state index contributed by atoms with van der Waals surface area (Å²) in [5.74, 6) is 0.149. The molecule has 1 N–H and O–H groups in total. The Bertz CT molecular complexity index is 350. The summed E-state index contributed by atoms with van der Waals surface area (Å²) in [5, 5.41) is 5.07. The fraction of sp³-hybridized carbons (Fsp3) is 0.615. The lowest BCUT2D eigenvalue weighted by atomic mass is 10.2. The van der Waals surface area contributed by atoms with E-state index in [2.05, 4.69) is 17.1 Å². The molecule has 1 aromatic heterocycles. The summed E-state index contributed by atoms with van der Waals surface area (Å²) in [4.78, 5) is 15.3. The highest BCUT2D eigenvalue weighted by Gasteiger charge is 2.22. The lowest BCUT2D eigenvalue weighted by molar-refractivity contribution is -0.120. The van der Waals surface area contributed by atoms with Gasteiger partial charge in [-0.25, -0.2) is 0 Å². The number of hydrogen-bond donors (Lipinski definition) is 1. The summed E-state index contributed by atoms with van der Waals surface area (Å²) in [6.45, 7) is 5.26. The molecule has 1 aromatic rings. The second-order valence-corrected chi connectivity index (χ2v) is 5.52. The Labute approximate surface area is 107 Å². The van der Waals surface area contributed by atoms with Gasteiger partial charge in [-0.05, 0) is 37.4 Å². The zero-order valence-electron chi connectivity index (χ0n) is 10.3. The van der Waals surface area contributed by atoms with Crippen LogP contribution in [0.1, 0.15) is 24.6 Å². The first-order valence-corrected chi connectivity index (χ1v) is 7.20. The molecule has 1 saturated heterocycles. The molecule has 0 aliphatic carbocycles. The highest BCUT2D eigenvalue weighted by atomic mass is 32.1. The Hall–Kier alpha value is -0.870. The fourth-order valence-electron chi connectivity index (χ4n) is 2.41. The minimum absolute atomic E-state index is 0.149. The van der Waals surface area contributed by atoms with E-state index < -0.39 is 0 Å². The zero-order valence-corrected chi connectivity index (χ0v) is 11.1. The van der Waals surface area contributed by atoms with Crippen molar-refractivity contribution in [1.29, 1.82) is 0 Å². The van der Waals surface area contributed by atoms with Crippen molar-refractivity contribution in [1.82, 2.24) is 10.2 Å². The van der Waals surface area contributed by atoms with Crippen LogP contribution in [-0.2, 0) is 11.2 Å². The van der Waals surface area contributed by atoms with Gasteiger partial charge in [-0.15, -0.1) is 11.3 Å². The molecular formula is C13H20N2OS. The van der Waals surface area contributed by atoms with Crippen LogP contribution in [0.3, 0.4) is 0 Å². The summed E-state index contributed by atoms with van der Waals surface area (Å²) in [6.07, 6.45) is 3.00. The standard InChI is InChI=1S/C13H20N2OS/c1-2-15-7-3-5-11(15)10-14-13(16)9-12-6-4-8-17-12/h4,6,8,11H,2-3,5,7,9-10H2,1H3,(H,14,16)/t11-/m0/s1. The average Bonchev–Trinajstić information content (AvgIpc) is 2.96. The molecule has 1 atom stereocenters. The third-order valence-corrected chi connectivity index (χ3v) is 4.23. The summed E-state index contributed by atoms with van der Waals surface area (Å²) in [7, 11) is 0. The van der Waals surface area contributed by atoms with Crippen LogP contribution in [0.25, 0.3) is 0 Å². The number of nitrogens with zero attached hydrogens (tertiary/aromatic N) is 1. The molecule has 4 heteroatoms. The number of nitrogens with one attached hydrogen (secondary N) is 1. The minimum Gasteiger partial charge on any atom is -0.354 e. The van der Waals surface area contributed by atoms with Gasteiger partial charge in [-0.3, -0.25) is 9.69 Å². The largest absolute Gasteiger partial charge is 0.354 e. The van der Waals surface area contributed by atoms with Crippen LogP contribution in [0.4, 0.5) is 0 Å². The third-order valence-electron chi connectivity index (χ3n) is 3.35. The van der Waals surface area contributed by atoms with Crippen LogP contribution in [0.5, 0.6) is 0 Å². The second kappa shape index (κ2) is 6.17. The van der Waals surface area contributed by atoms with Gasteiger partial charge in [0.05, 0.1) is 6.42 Å². The van der Waals surface area contributed by atoms with E-state index in [0.717, 1.165) is 18.0 Å². The molecule has 94 valence electrons. The molecule has 0 radical (unpaired) electrons. The van der Waals surface area contributed by atoms with Crippen molar-refractivity contribution >= 4 is 17.2 Å². The van der Waals surface area contributed by atoms with Crippen molar-refractivity contribution in [2.75, 3.05) is 19.6 Å². The van der Waals surface area contributed by atoms with Gasteiger partial charge in [0.1, 0.15) is 0 Å². The van der Waals surface area contributed by atoms with Crippen LogP contribution in [-0.4, -0.2) is 36.5 Å². The summed E-state index contributed by atoms with van der Waals surface area (Å²) in [6, 6.07) is 4.55. The van der Waals surface area contributed by atoms with Crippen molar-refractivity contribution in [3.05, 3.63) is 22.4 Å². The normalized spacial score (nSPS) is 20.6. The second-order valence-electron chi connectivity index (χ2n) is 4.48. The molecule has 17 heavy (non-hydrogen) atoms. The molecule has 1 fully saturated rings. The molecule has 1 amide bonds. The maximum absolute atomic E-state index is 11.7. The van der Waals surface area contributed by atoms with Crippen LogP contribution >= 0.6 is 11.3 Å². The quantitative estimate of drug-likeness (QED) is 0.868. The number of likely N-dealkylation sites (N-methyl/N-ethyl adjacent to an activating group) is 1. The Morgan fingerprint density at radius 1 is 1.65 bits per heavy atom. The average molecular weight is 252 g/mol. The van der Waals surface area contributed by atoms with E-state index >= 15 is 0 Å². The number of hydrogen-bond acceptors (Lipinski definition) is 3. The Morgan fingerprint density at radius 3 is 3.24 bits per heavy atom. The van der Waals surface area contributed by atoms with Gasteiger partial charge in [0.25, 0.3) is 0 Å². The maximum atomic E-state index is 11.7. The SMILES string of the molecule is CCN1CCC[C@H]1CNC(=O)Cc1cccs1. The first-order chi connectivity index (χ1) is 8.29. The highest BCUT2D eigenvalue weighted by Crippen LogP contribution is 2.15. The first-order valence-electron chi connectivity index (χ1n) is 6.32. The maximum Gasteiger partial charge on any atom is 0.225 e. The number of amides is 1. The molecule has 0 spiro atoms. The predicted octanol–water partition coefficient (Wildman–Crippen LogP) is 1.89. The number of thiophene rings is 1. The van der Waals surface area contributed by atoms with Crippen LogP contribution in [0.2, 0.25) is 0 Å². The Balaban J connectivity index is 1.72. The lowest BCUT2D eigenvalue weighted by Crippen LogP contribution is -2.40. The molecule has 1 aliphatic heterocycles. The van der Waals surface area contributed by atoms with E-state index in [0.29, 0.717) is 12.5 Å². The number of carbonyl (C=O) groups excluding carboxylic acids is 1. The van der Waals surface area contributed by atoms with E-state index in [1.807, 2.05) is 17.5 Å². The predicted molar refractivity (Wildman–Crippen MR) is 71.3 cm³/mol. The summed E-state index contributed by atoms with van der Waals surface area (Å²) >= 11 is 1.64. The highest BCUT2D eigenvalue weighted by molar-refractivity contribution is 7.10. The zero-order chi connectivity index (χ0) is 12.1. The van der Waals surface area contributed by atoms with Gasteiger partial charge in [0, 0.05) is 17.5 Å². The first kappa shape index (κ1) is 12.6. The molecule has 0 unspecified atom stereocenters. The Kier molecular flexibility index (Phi) is 4.57. The van der Waals surface area contributed by atoms with Crippen molar-refractivity contribution in [2.45, 2.75) is 32.2 Å². The number of rotatable bonds is 5. The monoisotopic (exact) mass is 252 g/mol. The van der Waals surface area contributed by atoms with Gasteiger partial charge >= 0.3 is 0 Å². The van der Waals surface area contributed by atoms with Crippen molar-refractivity contribution in [3.8, 4) is 0 Å². The van der Waals surface area contributed by atoms with Gasteiger partial charge in [0.15, 0.2) is 0 Å². The lowest BCUT2D eigenvalue weighted by Gasteiger charge is -2.22. The Morgan fingerprint density at radius 2 is 2.53 bits per heavy atom. The van der Waals surface area contributed by atoms with Crippen LogP contribution in [0.15, 0.2) is 17.5 Å². The molecule has 1 aliphatic rings. The van der Waals surface area contributed by atoms with Crippen LogP contribution < -0.4 is 5.32 Å². The van der Waals surface area contributed by atoms with Gasteiger partial charge in [-0.1, -0.05) is 13.0 Å². The third kappa shape index (κ3) is 3.54. The molecule has 3 nitrogen and oxygen atoms in total. The van der Waals surface area contributed by atoms with Crippen molar-refractivity contribution < 1.29 is 4.79 Å². The van der Waals surface area contributed by atoms with E-state index in [4.69, 9.17) is 0 Å². The van der Waals surface area contributed by atoms with Gasteiger partial charge in [0.2, 0.25) is 5.91 Å². The summed E-state index contributed by atoms with van der Waals surface area (Å²) in [5.41, 5.74) is 0. The van der Waals surface area contributed by atoms with Crippen molar-refractivity contribution in [3.63, 3.8) is 0 Å². The van der Waals surface area contributed by atoms with E-state index in [1.54, 1.807) is 11.3 Å². The number of likely N-dealkylation sites (tertiary alicyclic amines) is 1. The van der Waals surface area contributed by atoms with E-state index in [9.17, 15) is 4.79 Å². The molecule has 2 rings (SSSR count). The van der Waals surface area contributed by atoms with Crippen LogP contribution in [0, 0.1) is 0 Å². The minimum atomic E-state index is 0.149. The van der Waals surface area contributed by atoms with Gasteiger partial charge in [-0.2, -0.15) is 0 Å².